The minimum Gasteiger partial charge on any atom is -0.381 e. The predicted molar refractivity (Wildman–Crippen MR) is 77.8 cm³/mol. The molecular weight excluding hydrogens is 390 g/mol. The summed E-state index contributed by atoms with van der Waals surface area (Å²) in [5, 5.41) is 0. The Morgan fingerprint density at radius 2 is 1.15 bits per heavy atom. The second-order valence-corrected chi connectivity index (χ2v) is 3.98. The van der Waals surface area contributed by atoms with E-state index in [-0.39, 0.29) is 0 Å². The van der Waals surface area contributed by atoms with Crippen LogP contribution in [0.5, 0.6) is 0 Å². The molecule has 0 N–H and O–H groups in total. The fraction of sp³-hybridized carbons (Fsp3) is 1.00. The molecule has 82 valence electrons. The lowest BCUT2D eigenvalue weighted by molar-refractivity contribution is 0.114. The smallest absolute Gasteiger partial charge is 0.0468 e. The summed E-state index contributed by atoms with van der Waals surface area (Å²) in [6.45, 7) is 10.8. The normalized spacial score (nSPS) is 10.2. The van der Waals surface area contributed by atoms with Crippen molar-refractivity contribution in [2.75, 3.05) is 13.2 Å². The third-order valence-electron chi connectivity index (χ3n) is 1.68. The van der Waals surface area contributed by atoms with Gasteiger partial charge in [-0.05, 0) is 24.7 Å². The zero-order chi connectivity index (χ0) is 10.7. The van der Waals surface area contributed by atoms with Crippen molar-refractivity contribution in [1.82, 2.24) is 0 Å². The molecule has 0 aliphatic carbocycles. The van der Waals surface area contributed by atoms with Crippen molar-refractivity contribution < 1.29 is 4.74 Å². The van der Waals surface area contributed by atoms with E-state index >= 15 is 0 Å². The predicted octanol–water partition coefficient (Wildman–Crippen LogP) is 4.87. The zero-order valence-corrected chi connectivity index (χ0v) is 13.5. The average Bonchev–Trinajstić information content (AvgIpc) is 2.06. The molecular formula is C10H22I2O. The number of halogens is 2. The van der Waals surface area contributed by atoms with Crippen LogP contribution in [-0.2, 0) is 4.74 Å². The Bertz CT molecular complexity index is 75.0. The van der Waals surface area contributed by atoms with E-state index in [0.717, 1.165) is 25.0 Å². The van der Waals surface area contributed by atoms with Gasteiger partial charge >= 0.3 is 0 Å². The van der Waals surface area contributed by atoms with Gasteiger partial charge in [-0.2, -0.15) is 0 Å². The van der Waals surface area contributed by atoms with Gasteiger partial charge in [-0.3, -0.25) is 0 Å². The molecule has 0 aliphatic heterocycles. The second kappa shape index (κ2) is 13.4. The third kappa shape index (κ3) is 19.7. The van der Waals surface area contributed by atoms with Gasteiger partial charge in [0.1, 0.15) is 0 Å². The topological polar surface area (TPSA) is 9.23 Å². The van der Waals surface area contributed by atoms with E-state index in [4.69, 9.17) is 4.74 Å². The highest BCUT2D eigenvalue weighted by Crippen LogP contribution is 2.02. The summed E-state index contributed by atoms with van der Waals surface area (Å²) in [5.74, 6) is 1.54. The van der Waals surface area contributed by atoms with Gasteiger partial charge in [0.15, 0.2) is 0 Å². The fourth-order valence-electron chi connectivity index (χ4n) is 0.740. The van der Waals surface area contributed by atoms with Crippen LogP contribution in [0.3, 0.4) is 0 Å². The Balaban J connectivity index is 0. The average molecular weight is 412 g/mol. The molecule has 0 radical (unpaired) electrons. The van der Waals surface area contributed by atoms with Gasteiger partial charge in [0.25, 0.3) is 0 Å². The Morgan fingerprint density at radius 3 is 1.38 bits per heavy atom. The summed E-state index contributed by atoms with van der Waals surface area (Å²) in [4.78, 5) is 0. The molecule has 1 nitrogen and oxygen atoms in total. The molecule has 0 aromatic heterocycles. The first-order valence-corrected chi connectivity index (χ1v) is 11.1. The van der Waals surface area contributed by atoms with E-state index in [1.807, 2.05) is 0 Å². The molecule has 0 spiro atoms. The summed E-state index contributed by atoms with van der Waals surface area (Å²) in [7, 11) is 0. The highest BCUT2D eigenvalue weighted by Gasteiger charge is 1.95. The molecule has 3 heteroatoms. The van der Waals surface area contributed by atoms with Crippen LogP contribution in [-0.4, -0.2) is 13.2 Å². The second-order valence-electron chi connectivity index (χ2n) is 3.98. The maximum absolute atomic E-state index is 5.46. The van der Waals surface area contributed by atoms with E-state index in [0.29, 0.717) is 0 Å². The fourth-order valence-corrected chi connectivity index (χ4v) is 0.740. The quantitative estimate of drug-likeness (QED) is 0.447. The molecule has 0 saturated carbocycles. The molecule has 0 amide bonds. The van der Waals surface area contributed by atoms with Crippen molar-refractivity contribution in [1.29, 1.82) is 0 Å². The van der Waals surface area contributed by atoms with E-state index in [2.05, 4.69) is 64.9 Å². The van der Waals surface area contributed by atoms with Gasteiger partial charge in [0.05, 0.1) is 0 Å². The van der Waals surface area contributed by atoms with Crippen molar-refractivity contribution in [3.63, 3.8) is 0 Å². The zero-order valence-electron chi connectivity index (χ0n) is 9.15. The van der Waals surface area contributed by atoms with Crippen molar-refractivity contribution in [2.45, 2.75) is 40.5 Å². The standard InChI is InChI=1S/C10H22O.I2/c1-9(2)5-7-11-8-6-10(3)4;1-2/h9-10H,5-8H2,1-4H3;. The molecule has 0 aromatic carbocycles. The van der Waals surface area contributed by atoms with Gasteiger partial charge in [0.2, 0.25) is 0 Å². The highest BCUT2D eigenvalue weighted by atomic mass is 128. The van der Waals surface area contributed by atoms with E-state index < -0.39 is 0 Å². The molecule has 0 rings (SSSR count). The monoisotopic (exact) mass is 412 g/mol. The highest BCUT2D eigenvalue weighted by molar-refractivity contribution is 15.0. The Hall–Kier alpha value is 1.42. The van der Waals surface area contributed by atoms with Crippen LogP contribution >= 0.6 is 37.2 Å². The first-order valence-electron chi connectivity index (χ1n) is 4.85. The Kier molecular flexibility index (Phi) is 17.4. The molecule has 0 atom stereocenters. The summed E-state index contributed by atoms with van der Waals surface area (Å²) in [6.07, 6.45) is 2.39. The number of rotatable bonds is 6. The molecule has 0 fully saturated rings. The molecule has 0 heterocycles. The lowest BCUT2D eigenvalue weighted by Gasteiger charge is -2.07. The lowest BCUT2D eigenvalue weighted by Crippen LogP contribution is -2.02. The van der Waals surface area contributed by atoms with Crippen LogP contribution in [0.15, 0.2) is 0 Å². The molecule has 0 aromatic rings. The van der Waals surface area contributed by atoms with Gasteiger partial charge in [-0.15, -0.1) is 0 Å². The first-order chi connectivity index (χ1) is 6.13. The first kappa shape index (κ1) is 16.8. The van der Waals surface area contributed by atoms with Crippen LogP contribution in [0.4, 0.5) is 0 Å². The van der Waals surface area contributed by atoms with E-state index in [9.17, 15) is 0 Å². The molecule has 0 saturated heterocycles. The van der Waals surface area contributed by atoms with Crippen molar-refractivity contribution in [2.24, 2.45) is 11.8 Å². The van der Waals surface area contributed by atoms with E-state index in [1.165, 1.54) is 12.8 Å². The summed E-state index contributed by atoms with van der Waals surface area (Å²) in [6, 6.07) is 0. The van der Waals surface area contributed by atoms with Crippen molar-refractivity contribution in [3.05, 3.63) is 0 Å². The number of hydrogen-bond donors (Lipinski definition) is 0. The largest absolute Gasteiger partial charge is 0.381 e. The molecule has 0 unspecified atom stereocenters. The van der Waals surface area contributed by atoms with E-state index in [1.54, 1.807) is 0 Å². The van der Waals surface area contributed by atoms with Gasteiger partial charge in [-0.1, -0.05) is 27.7 Å². The van der Waals surface area contributed by atoms with Crippen LogP contribution in [0.2, 0.25) is 0 Å². The summed E-state index contributed by atoms with van der Waals surface area (Å²) in [5.41, 5.74) is 0. The maximum atomic E-state index is 5.46. The Labute approximate surface area is 107 Å². The third-order valence-corrected chi connectivity index (χ3v) is 1.68. The van der Waals surface area contributed by atoms with Crippen molar-refractivity contribution in [3.8, 4) is 0 Å². The molecule has 13 heavy (non-hydrogen) atoms. The van der Waals surface area contributed by atoms with Crippen LogP contribution in [0.1, 0.15) is 40.5 Å². The summed E-state index contributed by atoms with van der Waals surface area (Å²) >= 11 is 4.24. The minimum atomic E-state index is 0.772. The summed E-state index contributed by atoms with van der Waals surface area (Å²) < 4.78 is 5.46. The van der Waals surface area contributed by atoms with Crippen LogP contribution in [0.25, 0.3) is 0 Å². The number of ether oxygens (including phenoxy) is 1. The Morgan fingerprint density at radius 1 is 0.846 bits per heavy atom. The molecule has 0 bridgehead atoms. The van der Waals surface area contributed by atoms with Gasteiger partial charge in [-0.25, -0.2) is 0 Å². The van der Waals surface area contributed by atoms with Crippen LogP contribution in [0, 0.1) is 11.8 Å². The SMILES string of the molecule is CC(C)CCOCCC(C)C.II. The van der Waals surface area contributed by atoms with Gasteiger partial charge in [0, 0.05) is 50.4 Å². The minimum absolute atomic E-state index is 0.772. The maximum Gasteiger partial charge on any atom is 0.0468 e. The molecule has 0 aliphatic rings. The lowest BCUT2D eigenvalue weighted by atomic mass is 10.1. The van der Waals surface area contributed by atoms with Crippen molar-refractivity contribution >= 4 is 37.2 Å². The van der Waals surface area contributed by atoms with Gasteiger partial charge < -0.3 is 4.74 Å². The number of hydrogen-bond acceptors (Lipinski definition) is 1. The van der Waals surface area contributed by atoms with Crippen LogP contribution < -0.4 is 0 Å².